The van der Waals surface area contributed by atoms with Gasteiger partial charge in [0.1, 0.15) is 6.04 Å². The van der Waals surface area contributed by atoms with Crippen LogP contribution < -0.4 is 11.2 Å². The van der Waals surface area contributed by atoms with Crippen molar-refractivity contribution in [3.05, 3.63) is 0 Å². The maximum Gasteiger partial charge on any atom is 0.418 e. The first-order valence-electron chi connectivity index (χ1n) is 8.42. The van der Waals surface area contributed by atoms with E-state index in [0.29, 0.717) is 24.4 Å². The lowest BCUT2D eigenvalue weighted by Crippen LogP contribution is -2.50. The minimum Gasteiger partial charge on any atom is -0.351 e. The van der Waals surface area contributed by atoms with Crippen molar-refractivity contribution >= 4 is 28.4 Å². The van der Waals surface area contributed by atoms with Crippen LogP contribution in [0.2, 0.25) is 0 Å². The second kappa shape index (κ2) is 7.46. The zero-order valence-electron chi connectivity index (χ0n) is 14.3. The van der Waals surface area contributed by atoms with Crippen LogP contribution in [0.5, 0.6) is 0 Å². The zero-order valence-corrected chi connectivity index (χ0v) is 15.1. The number of likely N-dealkylation sites (tertiary alicyclic amines) is 1. The van der Waals surface area contributed by atoms with E-state index in [-0.39, 0.29) is 25.6 Å². The van der Waals surface area contributed by atoms with Gasteiger partial charge in [-0.05, 0) is 25.7 Å². The third-order valence-corrected chi connectivity index (χ3v) is 5.26. The van der Waals surface area contributed by atoms with Crippen LogP contribution in [0.3, 0.4) is 0 Å². The number of primary amides is 1. The van der Waals surface area contributed by atoms with Crippen LogP contribution in [0.15, 0.2) is 0 Å². The number of urea groups is 2. The molecule has 3 rings (SSSR count). The van der Waals surface area contributed by atoms with Crippen molar-refractivity contribution in [3.8, 4) is 0 Å². The molecule has 27 heavy (non-hydrogen) atoms. The Morgan fingerprint density at radius 2 is 2.04 bits per heavy atom. The number of rotatable bonds is 6. The normalized spacial score (nSPS) is 28.0. The van der Waals surface area contributed by atoms with Crippen LogP contribution in [0.1, 0.15) is 25.7 Å². The Labute approximate surface area is 155 Å². The minimum absolute atomic E-state index is 0.0654. The molecular formula is C13H21N5O8S. The van der Waals surface area contributed by atoms with E-state index in [2.05, 4.69) is 9.76 Å². The lowest BCUT2D eigenvalue weighted by Gasteiger charge is -2.29. The van der Waals surface area contributed by atoms with Gasteiger partial charge in [-0.25, -0.2) is 15.1 Å². The largest absolute Gasteiger partial charge is 0.418 e. The van der Waals surface area contributed by atoms with Crippen LogP contribution in [0.4, 0.5) is 9.59 Å². The van der Waals surface area contributed by atoms with E-state index < -0.39 is 40.5 Å². The van der Waals surface area contributed by atoms with E-state index in [1.807, 2.05) is 0 Å². The third kappa shape index (κ3) is 4.23. The zero-order chi connectivity index (χ0) is 19.8. The summed E-state index contributed by atoms with van der Waals surface area (Å²) in [5.41, 5.74) is 7.54. The Bertz CT molecular complexity index is 730. The highest BCUT2D eigenvalue weighted by molar-refractivity contribution is 7.80. The summed E-state index contributed by atoms with van der Waals surface area (Å²) in [7, 11) is -4.84. The van der Waals surface area contributed by atoms with Gasteiger partial charge in [0.15, 0.2) is 0 Å². The predicted octanol–water partition coefficient (Wildman–Crippen LogP) is -1.42. The standard InChI is InChI=1S/C13H21N5O8S/c14-12(20)16-5-1-2-9(16)7-25-15-11(19)10-4-3-8-6-17(10)13(21)18(8)26-27(22,23)24/h8-10H,1-7H2,(H2,14,20)(H,15,19)(H,22,23,24). The predicted molar refractivity (Wildman–Crippen MR) is 86.8 cm³/mol. The Balaban J connectivity index is 1.53. The Morgan fingerprint density at radius 1 is 1.30 bits per heavy atom. The van der Waals surface area contributed by atoms with Gasteiger partial charge in [0.05, 0.1) is 18.7 Å². The molecule has 4 N–H and O–H groups in total. The third-order valence-electron chi connectivity index (χ3n) is 4.91. The Kier molecular flexibility index (Phi) is 5.41. The molecule has 3 saturated heterocycles. The van der Waals surface area contributed by atoms with Gasteiger partial charge in [0.2, 0.25) is 0 Å². The number of hydrogen-bond donors (Lipinski definition) is 3. The summed E-state index contributed by atoms with van der Waals surface area (Å²) in [5, 5.41) is 0.562. The summed E-state index contributed by atoms with van der Waals surface area (Å²) in [6, 6.07) is -3.05. The first-order valence-corrected chi connectivity index (χ1v) is 9.78. The number of hydroxylamine groups is 3. The lowest BCUT2D eigenvalue weighted by molar-refractivity contribution is -0.139. The summed E-state index contributed by atoms with van der Waals surface area (Å²) in [6.45, 7) is 0.688. The van der Waals surface area contributed by atoms with Gasteiger partial charge in [-0.2, -0.15) is 13.5 Å². The van der Waals surface area contributed by atoms with E-state index in [1.54, 1.807) is 0 Å². The first-order chi connectivity index (χ1) is 12.7. The van der Waals surface area contributed by atoms with Gasteiger partial charge >= 0.3 is 22.5 Å². The van der Waals surface area contributed by atoms with Crippen molar-refractivity contribution in [2.75, 3.05) is 19.7 Å². The highest BCUT2D eigenvalue weighted by Crippen LogP contribution is 2.30. The number of carbonyl (C=O) groups excluding carboxylic acids is 3. The average Bonchev–Trinajstić information content (AvgIpc) is 3.14. The number of fused-ring (bicyclic) bond motifs is 2. The number of nitrogens with one attached hydrogen (secondary N) is 1. The van der Waals surface area contributed by atoms with Crippen LogP contribution in [0.25, 0.3) is 0 Å². The van der Waals surface area contributed by atoms with Crippen molar-refractivity contribution in [1.82, 2.24) is 20.3 Å². The van der Waals surface area contributed by atoms with E-state index >= 15 is 0 Å². The van der Waals surface area contributed by atoms with E-state index in [1.165, 1.54) is 4.90 Å². The van der Waals surface area contributed by atoms with E-state index in [4.69, 9.17) is 15.1 Å². The molecule has 3 aliphatic rings. The lowest BCUT2D eigenvalue weighted by atomic mass is 10.0. The van der Waals surface area contributed by atoms with Crippen LogP contribution >= 0.6 is 0 Å². The molecular weight excluding hydrogens is 386 g/mol. The topological polar surface area (TPSA) is 172 Å². The summed E-state index contributed by atoms with van der Waals surface area (Å²) in [6.07, 6.45) is 2.08. The number of nitrogens with two attached hydrogens (primary N) is 1. The van der Waals surface area contributed by atoms with Crippen molar-refractivity contribution < 1.29 is 36.5 Å². The minimum atomic E-state index is -4.84. The number of hydrogen-bond acceptors (Lipinski definition) is 7. The fraction of sp³-hybridized carbons (Fsp3) is 0.769. The summed E-state index contributed by atoms with van der Waals surface area (Å²) in [5.74, 6) is -0.570. The Hall–Kier alpha value is -2.16. The molecule has 0 aromatic rings. The molecule has 0 aliphatic carbocycles. The van der Waals surface area contributed by atoms with Crippen LogP contribution in [-0.4, -0.2) is 83.6 Å². The molecule has 13 nitrogen and oxygen atoms in total. The number of carbonyl (C=O) groups is 3. The first kappa shape index (κ1) is 19.6. The number of piperidine rings is 1. The molecule has 0 spiro atoms. The number of amides is 5. The molecule has 152 valence electrons. The second-order valence-electron chi connectivity index (χ2n) is 6.61. The fourth-order valence-corrected chi connectivity index (χ4v) is 4.07. The maximum atomic E-state index is 12.4. The van der Waals surface area contributed by atoms with Crippen LogP contribution in [-0.2, 0) is 24.3 Å². The van der Waals surface area contributed by atoms with Gasteiger partial charge in [0.25, 0.3) is 5.91 Å². The van der Waals surface area contributed by atoms with Crippen molar-refractivity contribution in [3.63, 3.8) is 0 Å². The van der Waals surface area contributed by atoms with Crippen molar-refractivity contribution in [1.29, 1.82) is 0 Å². The molecule has 0 radical (unpaired) electrons. The smallest absolute Gasteiger partial charge is 0.351 e. The van der Waals surface area contributed by atoms with Gasteiger partial charge in [-0.1, -0.05) is 0 Å². The van der Waals surface area contributed by atoms with E-state index in [9.17, 15) is 22.8 Å². The van der Waals surface area contributed by atoms with Crippen LogP contribution in [0, 0.1) is 0 Å². The maximum absolute atomic E-state index is 12.4. The van der Waals surface area contributed by atoms with Gasteiger partial charge < -0.3 is 15.5 Å². The molecule has 3 heterocycles. The van der Waals surface area contributed by atoms with E-state index in [0.717, 1.165) is 11.3 Å². The molecule has 3 atom stereocenters. The summed E-state index contributed by atoms with van der Waals surface area (Å²) >= 11 is 0. The van der Waals surface area contributed by atoms with Gasteiger partial charge in [-0.3, -0.25) is 14.2 Å². The van der Waals surface area contributed by atoms with Crippen molar-refractivity contribution in [2.45, 2.75) is 43.8 Å². The summed E-state index contributed by atoms with van der Waals surface area (Å²) < 4.78 is 34.8. The molecule has 5 amide bonds. The molecule has 0 saturated carbocycles. The number of nitrogens with zero attached hydrogens (tertiary/aromatic N) is 3. The Morgan fingerprint density at radius 3 is 2.70 bits per heavy atom. The highest BCUT2D eigenvalue weighted by Gasteiger charge is 2.49. The molecule has 2 bridgehead atoms. The molecule has 3 aliphatic heterocycles. The molecule has 0 aromatic heterocycles. The monoisotopic (exact) mass is 407 g/mol. The molecule has 0 aromatic carbocycles. The molecule has 3 fully saturated rings. The quantitative estimate of drug-likeness (QED) is 0.355. The fourth-order valence-electron chi connectivity index (χ4n) is 3.68. The molecule has 3 unspecified atom stereocenters. The average molecular weight is 407 g/mol. The van der Waals surface area contributed by atoms with Gasteiger partial charge in [-0.15, -0.1) is 4.28 Å². The van der Waals surface area contributed by atoms with Gasteiger partial charge in [0, 0.05) is 13.1 Å². The second-order valence-corrected chi connectivity index (χ2v) is 7.62. The highest BCUT2D eigenvalue weighted by atomic mass is 32.3. The van der Waals surface area contributed by atoms with Crippen molar-refractivity contribution in [2.24, 2.45) is 5.73 Å². The SMILES string of the molecule is NC(=O)N1CCCC1CONC(=O)C1CCC2CN1C(=O)N2OS(=O)(=O)O. The summed E-state index contributed by atoms with van der Waals surface area (Å²) in [4.78, 5) is 43.7. The molecule has 14 heteroatoms.